The molecular weight excluding hydrogens is 426 g/mol. The van der Waals surface area contributed by atoms with Crippen molar-refractivity contribution in [2.75, 3.05) is 0 Å². The van der Waals surface area contributed by atoms with Gasteiger partial charge in [0.2, 0.25) is 5.88 Å². The second kappa shape index (κ2) is 6.25. The van der Waals surface area contributed by atoms with Gasteiger partial charge in [-0.3, -0.25) is 4.79 Å². The first-order chi connectivity index (χ1) is 11.0. The molecule has 2 aromatic carbocycles. The van der Waals surface area contributed by atoms with Crippen LogP contribution in [-0.2, 0) is 0 Å². The SMILES string of the molecule is Cc1ccc2[nH]c(O)c(N=NC(=O)c3cccc(Br)c3)c2c1Br. The van der Waals surface area contributed by atoms with Crippen LogP contribution in [0.2, 0.25) is 0 Å². The Morgan fingerprint density at radius 1 is 1.22 bits per heavy atom. The number of nitrogens with zero attached hydrogens (tertiary/aromatic N) is 2. The van der Waals surface area contributed by atoms with Crippen molar-refractivity contribution >= 4 is 54.4 Å². The van der Waals surface area contributed by atoms with E-state index in [2.05, 4.69) is 47.1 Å². The Morgan fingerprint density at radius 3 is 2.74 bits per heavy atom. The van der Waals surface area contributed by atoms with E-state index in [-0.39, 0.29) is 11.6 Å². The summed E-state index contributed by atoms with van der Waals surface area (Å²) in [6.07, 6.45) is 0. The number of hydrogen-bond acceptors (Lipinski definition) is 3. The van der Waals surface area contributed by atoms with Crippen molar-refractivity contribution in [2.45, 2.75) is 6.92 Å². The number of benzene rings is 2. The summed E-state index contributed by atoms with van der Waals surface area (Å²) in [7, 11) is 0. The molecule has 0 aliphatic heterocycles. The number of nitrogens with one attached hydrogen (secondary N) is 1. The van der Waals surface area contributed by atoms with Gasteiger partial charge >= 0.3 is 0 Å². The minimum Gasteiger partial charge on any atom is -0.493 e. The topological polar surface area (TPSA) is 77.8 Å². The minimum absolute atomic E-state index is 0.128. The highest BCUT2D eigenvalue weighted by Gasteiger charge is 2.15. The molecule has 1 aromatic heterocycles. The van der Waals surface area contributed by atoms with Crippen LogP contribution in [0.4, 0.5) is 5.69 Å². The molecule has 23 heavy (non-hydrogen) atoms. The van der Waals surface area contributed by atoms with Gasteiger partial charge in [0.1, 0.15) is 0 Å². The van der Waals surface area contributed by atoms with Crippen molar-refractivity contribution in [1.29, 1.82) is 0 Å². The lowest BCUT2D eigenvalue weighted by Crippen LogP contribution is -1.92. The molecule has 0 saturated carbocycles. The van der Waals surface area contributed by atoms with Crippen LogP contribution in [0.15, 0.2) is 55.6 Å². The molecular formula is C16H11Br2N3O2. The van der Waals surface area contributed by atoms with Gasteiger partial charge in [-0.05, 0) is 52.7 Å². The fraction of sp³-hybridized carbons (Fsp3) is 0.0625. The molecule has 3 aromatic rings. The van der Waals surface area contributed by atoms with Gasteiger partial charge < -0.3 is 10.1 Å². The fourth-order valence-electron chi connectivity index (χ4n) is 2.19. The predicted molar refractivity (Wildman–Crippen MR) is 95.4 cm³/mol. The lowest BCUT2D eigenvalue weighted by molar-refractivity contribution is 0.0995. The molecule has 0 unspecified atom stereocenters. The molecule has 1 heterocycles. The van der Waals surface area contributed by atoms with Crippen LogP contribution in [0.3, 0.4) is 0 Å². The number of aromatic nitrogens is 1. The molecule has 0 saturated heterocycles. The van der Waals surface area contributed by atoms with E-state index in [4.69, 9.17) is 0 Å². The predicted octanol–water partition coefficient (Wildman–Crippen LogP) is 5.63. The summed E-state index contributed by atoms with van der Waals surface area (Å²) in [5.74, 6) is -0.610. The molecule has 7 heteroatoms. The van der Waals surface area contributed by atoms with Crippen molar-refractivity contribution in [3.63, 3.8) is 0 Å². The largest absolute Gasteiger partial charge is 0.493 e. The first-order valence-electron chi connectivity index (χ1n) is 6.68. The zero-order valence-electron chi connectivity index (χ0n) is 12.0. The smallest absolute Gasteiger partial charge is 0.295 e. The Bertz CT molecular complexity index is 948. The third-order valence-corrected chi connectivity index (χ3v) is 4.88. The number of hydrogen-bond donors (Lipinski definition) is 2. The quantitative estimate of drug-likeness (QED) is 0.510. The van der Waals surface area contributed by atoms with Crippen LogP contribution in [0.1, 0.15) is 15.9 Å². The number of carbonyl (C=O) groups is 1. The van der Waals surface area contributed by atoms with Gasteiger partial charge in [-0.2, -0.15) is 0 Å². The third-order valence-electron chi connectivity index (χ3n) is 3.36. The number of halogens is 2. The Kier molecular flexibility index (Phi) is 4.32. The van der Waals surface area contributed by atoms with Gasteiger partial charge in [0.05, 0.1) is 5.52 Å². The molecule has 116 valence electrons. The number of aromatic amines is 1. The maximum Gasteiger partial charge on any atom is 0.295 e. The summed E-state index contributed by atoms with van der Waals surface area (Å²) >= 11 is 6.79. The standard InChI is InChI=1S/C16H11Br2N3O2/c1-8-5-6-11-12(13(8)18)14(16(23)19-11)20-21-15(22)9-3-2-4-10(17)7-9/h2-7,19,23H,1H3. The highest BCUT2D eigenvalue weighted by molar-refractivity contribution is 9.11. The minimum atomic E-state index is -0.483. The summed E-state index contributed by atoms with van der Waals surface area (Å²) in [5.41, 5.74) is 2.35. The van der Waals surface area contributed by atoms with Crippen LogP contribution in [0, 0.1) is 6.92 Å². The van der Waals surface area contributed by atoms with Gasteiger partial charge in [0.25, 0.3) is 5.91 Å². The number of fused-ring (bicyclic) bond motifs is 1. The van der Waals surface area contributed by atoms with Gasteiger partial charge in [-0.15, -0.1) is 10.2 Å². The summed E-state index contributed by atoms with van der Waals surface area (Å²) in [5, 5.41) is 18.4. The van der Waals surface area contributed by atoms with E-state index < -0.39 is 5.91 Å². The Hall–Kier alpha value is -1.99. The zero-order chi connectivity index (χ0) is 16.6. The fourth-order valence-corrected chi connectivity index (χ4v) is 3.13. The molecule has 2 N–H and O–H groups in total. The zero-order valence-corrected chi connectivity index (χ0v) is 15.1. The number of rotatable bonds is 2. The van der Waals surface area contributed by atoms with Crippen LogP contribution in [0.5, 0.6) is 5.88 Å². The molecule has 0 aliphatic rings. The van der Waals surface area contributed by atoms with Gasteiger partial charge in [0, 0.05) is 19.9 Å². The molecule has 5 nitrogen and oxygen atoms in total. The average Bonchev–Trinajstić information content (AvgIpc) is 2.85. The molecule has 3 rings (SSSR count). The number of aromatic hydroxyl groups is 1. The monoisotopic (exact) mass is 435 g/mol. The van der Waals surface area contributed by atoms with E-state index in [1.807, 2.05) is 25.1 Å². The van der Waals surface area contributed by atoms with Gasteiger partial charge in [-0.25, -0.2) is 0 Å². The average molecular weight is 437 g/mol. The van der Waals surface area contributed by atoms with E-state index >= 15 is 0 Å². The summed E-state index contributed by atoms with van der Waals surface area (Å²) in [6, 6.07) is 10.6. The maximum atomic E-state index is 12.1. The first-order valence-corrected chi connectivity index (χ1v) is 8.27. The van der Waals surface area contributed by atoms with Gasteiger partial charge in [-0.1, -0.05) is 28.1 Å². The summed E-state index contributed by atoms with van der Waals surface area (Å²) < 4.78 is 1.59. The number of aryl methyl sites for hydroxylation is 1. The highest BCUT2D eigenvalue weighted by atomic mass is 79.9. The number of H-pyrrole nitrogens is 1. The van der Waals surface area contributed by atoms with E-state index in [0.717, 1.165) is 14.5 Å². The number of azo groups is 1. The normalized spacial score (nSPS) is 11.4. The van der Waals surface area contributed by atoms with Crippen LogP contribution < -0.4 is 0 Å². The van der Waals surface area contributed by atoms with E-state index in [0.29, 0.717) is 16.5 Å². The van der Waals surface area contributed by atoms with Crippen molar-refractivity contribution in [3.8, 4) is 5.88 Å². The molecule has 0 fully saturated rings. The Morgan fingerprint density at radius 2 is 2.00 bits per heavy atom. The summed E-state index contributed by atoms with van der Waals surface area (Å²) in [6.45, 7) is 1.93. The molecule has 0 aliphatic carbocycles. The number of carbonyl (C=O) groups excluding carboxylic acids is 1. The van der Waals surface area contributed by atoms with Crippen LogP contribution >= 0.6 is 31.9 Å². The van der Waals surface area contributed by atoms with Crippen LogP contribution in [0.25, 0.3) is 10.9 Å². The van der Waals surface area contributed by atoms with E-state index in [1.165, 1.54) is 0 Å². The lowest BCUT2D eigenvalue weighted by Gasteiger charge is -2.00. The molecule has 0 bridgehead atoms. The molecule has 0 atom stereocenters. The third kappa shape index (κ3) is 3.07. The van der Waals surface area contributed by atoms with E-state index in [1.54, 1.807) is 18.2 Å². The first kappa shape index (κ1) is 15.9. The van der Waals surface area contributed by atoms with Crippen LogP contribution in [-0.4, -0.2) is 16.0 Å². The van der Waals surface area contributed by atoms with Gasteiger partial charge in [0.15, 0.2) is 5.69 Å². The summed E-state index contributed by atoms with van der Waals surface area (Å²) in [4.78, 5) is 14.9. The van der Waals surface area contributed by atoms with Crippen molar-refractivity contribution in [3.05, 3.63) is 56.5 Å². The van der Waals surface area contributed by atoms with Crippen molar-refractivity contribution in [1.82, 2.24) is 4.98 Å². The Labute approximate surface area is 148 Å². The molecule has 0 radical (unpaired) electrons. The molecule has 1 amide bonds. The maximum absolute atomic E-state index is 12.1. The van der Waals surface area contributed by atoms with Crippen molar-refractivity contribution in [2.24, 2.45) is 10.2 Å². The Balaban J connectivity index is 2.03. The lowest BCUT2D eigenvalue weighted by atomic mass is 10.1. The highest BCUT2D eigenvalue weighted by Crippen LogP contribution is 2.41. The van der Waals surface area contributed by atoms with Crippen molar-refractivity contribution < 1.29 is 9.90 Å². The molecule has 0 spiro atoms. The van der Waals surface area contributed by atoms with E-state index in [9.17, 15) is 9.90 Å². The second-order valence-corrected chi connectivity index (χ2v) is 6.67. The number of amides is 1. The second-order valence-electron chi connectivity index (χ2n) is 4.96.